The molecule has 4 nitrogen and oxygen atoms in total. The molecule has 4 rings (SSSR count). The van der Waals surface area contributed by atoms with E-state index in [4.69, 9.17) is 0 Å². The number of hydrogen-bond acceptors (Lipinski definition) is 4. The van der Waals surface area contributed by atoms with Crippen LogP contribution < -0.4 is 4.90 Å². The molecule has 0 spiro atoms. The Balaban J connectivity index is 1.62. The van der Waals surface area contributed by atoms with Crippen LogP contribution in [0.4, 0.5) is 5.69 Å². The van der Waals surface area contributed by atoms with E-state index in [-0.39, 0.29) is 11.2 Å². The predicted octanol–water partition coefficient (Wildman–Crippen LogP) is 5.08. The number of benzene rings is 3. The number of nitrogens with zero attached hydrogens (tertiary/aromatic N) is 3. The van der Waals surface area contributed by atoms with Gasteiger partial charge < -0.3 is 0 Å². The molecule has 1 saturated heterocycles. The standard InChI is InChI=1S/C24H21N3OS/c1-18-10-8-9-13-20(18)16-22-23(28)27(21-14-6-3-7-15-21)24(29-22)26-25-17-19-11-4-2-5-12-19/h2-15,17,22H,16H2,1H3. The Labute approximate surface area is 175 Å². The molecule has 0 N–H and O–H groups in total. The minimum absolute atomic E-state index is 0.0399. The van der Waals surface area contributed by atoms with Crippen LogP contribution in [0.1, 0.15) is 16.7 Å². The Kier molecular flexibility index (Phi) is 5.86. The van der Waals surface area contributed by atoms with Crippen LogP contribution in [0.3, 0.4) is 0 Å². The highest BCUT2D eigenvalue weighted by molar-refractivity contribution is 8.16. The van der Waals surface area contributed by atoms with E-state index in [1.54, 1.807) is 11.1 Å². The Morgan fingerprint density at radius 1 is 0.931 bits per heavy atom. The lowest BCUT2D eigenvalue weighted by Gasteiger charge is -2.15. The second-order valence-electron chi connectivity index (χ2n) is 6.78. The average Bonchev–Trinajstić information content (AvgIpc) is 3.06. The van der Waals surface area contributed by atoms with Gasteiger partial charge in [0.15, 0.2) is 5.17 Å². The number of carbonyl (C=O) groups excluding carboxylic acids is 1. The number of para-hydroxylation sites is 1. The van der Waals surface area contributed by atoms with Crippen molar-refractivity contribution in [3.05, 3.63) is 102 Å². The number of thioether (sulfide) groups is 1. The molecule has 0 aromatic heterocycles. The van der Waals surface area contributed by atoms with Crippen molar-refractivity contribution in [2.75, 3.05) is 4.90 Å². The van der Waals surface area contributed by atoms with Gasteiger partial charge in [0.2, 0.25) is 5.91 Å². The van der Waals surface area contributed by atoms with Crippen molar-refractivity contribution < 1.29 is 4.79 Å². The molecule has 0 radical (unpaired) electrons. The van der Waals surface area contributed by atoms with Crippen LogP contribution in [0.5, 0.6) is 0 Å². The molecular formula is C24H21N3OS. The molecule has 1 aliphatic rings. The van der Waals surface area contributed by atoms with Gasteiger partial charge in [-0.2, -0.15) is 5.10 Å². The van der Waals surface area contributed by atoms with Crippen LogP contribution >= 0.6 is 11.8 Å². The van der Waals surface area contributed by atoms with Gasteiger partial charge in [-0.25, -0.2) is 0 Å². The van der Waals surface area contributed by atoms with E-state index in [1.807, 2.05) is 72.8 Å². The second kappa shape index (κ2) is 8.88. The largest absolute Gasteiger partial charge is 0.273 e. The van der Waals surface area contributed by atoms with Crippen LogP contribution in [0.2, 0.25) is 0 Å². The summed E-state index contributed by atoms with van der Waals surface area (Å²) in [6.45, 7) is 2.08. The minimum atomic E-state index is -0.220. The van der Waals surface area contributed by atoms with Crippen LogP contribution in [0, 0.1) is 6.92 Å². The zero-order valence-electron chi connectivity index (χ0n) is 16.1. The monoisotopic (exact) mass is 399 g/mol. The van der Waals surface area contributed by atoms with Crippen molar-refractivity contribution >= 4 is 34.7 Å². The summed E-state index contributed by atoms with van der Waals surface area (Å²) in [7, 11) is 0. The maximum Gasteiger partial charge on any atom is 0.247 e. The van der Waals surface area contributed by atoms with Gasteiger partial charge in [-0.3, -0.25) is 9.69 Å². The first-order valence-electron chi connectivity index (χ1n) is 9.48. The fourth-order valence-electron chi connectivity index (χ4n) is 3.20. The molecule has 1 heterocycles. The first kappa shape index (κ1) is 19.2. The smallest absolute Gasteiger partial charge is 0.247 e. The van der Waals surface area contributed by atoms with Crippen LogP contribution in [-0.4, -0.2) is 22.5 Å². The van der Waals surface area contributed by atoms with Crippen molar-refractivity contribution in [3.63, 3.8) is 0 Å². The third-order valence-corrected chi connectivity index (χ3v) is 5.89. The van der Waals surface area contributed by atoms with Crippen LogP contribution in [0.15, 0.2) is 95.1 Å². The zero-order chi connectivity index (χ0) is 20.1. The summed E-state index contributed by atoms with van der Waals surface area (Å²) in [4.78, 5) is 14.9. The lowest BCUT2D eigenvalue weighted by molar-refractivity contribution is -0.116. The third kappa shape index (κ3) is 4.46. The molecular weight excluding hydrogens is 378 g/mol. The first-order chi connectivity index (χ1) is 14.2. The van der Waals surface area contributed by atoms with Gasteiger partial charge in [0.1, 0.15) is 0 Å². The number of amides is 1. The summed E-state index contributed by atoms with van der Waals surface area (Å²) < 4.78 is 0. The lowest BCUT2D eigenvalue weighted by atomic mass is 10.0. The number of amidine groups is 1. The molecule has 29 heavy (non-hydrogen) atoms. The highest BCUT2D eigenvalue weighted by Crippen LogP contribution is 2.34. The highest BCUT2D eigenvalue weighted by atomic mass is 32.2. The Morgan fingerprint density at radius 3 is 2.31 bits per heavy atom. The number of anilines is 1. The van der Waals surface area contributed by atoms with Crippen LogP contribution in [0.25, 0.3) is 0 Å². The molecule has 1 unspecified atom stereocenters. The van der Waals surface area contributed by atoms with E-state index >= 15 is 0 Å². The normalized spacial score (nSPS) is 18.1. The third-order valence-electron chi connectivity index (χ3n) is 4.77. The maximum atomic E-state index is 13.2. The van der Waals surface area contributed by atoms with Crippen molar-refractivity contribution in [2.24, 2.45) is 10.2 Å². The molecule has 0 bridgehead atoms. The fraction of sp³-hybridized carbons (Fsp3) is 0.125. The predicted molar refractivity (Wildman–Crippen MR) is 122 cm³/mol. The van der Waals surface area contributed by atoms with Gasteiger partial charge in [-0.1, -0.05) is 84.6 Å². The summed E-state index contributed by atoms with van der Waals surface area (Å²) in [5.74, 6) is 0.0399. The fourth-order valence-corrected chi connectivity index (χ4v) is 4.32. The minimum Gasteiger partial charge on any atom is -0.273 e. The maximum absolute atomic E-state index is 13.2. The molecule has 3 aromatic carbocycles. The van der Waals surface area contributed by atoms with Gasteiger partial charge in [0.25, 0.3) is 0 Å². The highest BCUT2D eigenvalue weighted by Gasteiger charge is 2.39. The molecule has 0 aliphatic carbocycles. The summed E-state index contributed by atoms with van der Waals surface area (Å²) in [6.07, 6.45) is 2.37. The van der Waals surface area contributed by atoms with Gasteiger partial charge >= 0.3 is 0 Å². The summed E-state index contributed by atoms with van der Waals surface area (Å²) in [5.41, 5.74) is 4.15. The quantitative estimate of drug-likeness (QED) is 0.444. The molecule has 1 fully saturated rings. The SMILES string of the molecule is Cc1ccccc1CC1SC(=NN=Cc2ccccc2)N(c2ccccc2)C1=O. The van der Waals surface area contributed by atoms with Gasteiger partial charge in [-0.15, -0.1) is 5.10 Å². The van der Waals surface area contributed by atoms with Crippen molar-refractivity contribution in [1.29, 1.82) is 0 Å². The van der Waals surface area contributed by atoms with E-state index in [0.717, 1.165) is 11.3 Å². The van der Waals surface area contributed by atoms with E-state index in [2.05, 4.69) is 29.3 Å². The van der Waals surface area contributed by atoms with Gasteiger partial charge in [-0.05, 0) is 42.2 Å². The van der Waals surface area contributed by atoms with Crippen molar-refractivity contribution in [2.45, 2.75) is 18.6 Å². The average molecular weight is 400 g/mol. The zero-order valence-corrected chi connectivity index (χ0v) is 16.9. The lowest BCUT2D eigenvalue weighted by Crippen LogP contribution is -2.32. The van der Waals surface area contributed by atoms with Crippen LogP contribution in [-0.2, 0) is 11.2 Å². The first-order valence-corrected chi connectivity index (χ1v) is 10.4. The summed E-state index contributed by atoms with van der Waals surface area (Å²) in [5, 5.41) is 9.02. The Morgan fingerprint density at radius 2 is 1.59 bits per heavy atom. The van der Waals surface area contributed by atoms with E-state index in [1.165, 1.54) is 22.9 Å². The number of rotatable bonds is 5. The molecule has 0 saturated carbocycles. The van der Waals surface area contributed by atoms with E-state index < -0.39 is 0 Å². The molecule has 1 aliphatic heterocycles. The van der Waals surface area contributed by atoms with Gasteiger partial charge in [0, 0.05) is 0 Å². The number of carbonyl (C=O) groups is 1. The van der Waals surface area contributed by atoms with Crippen molar-refractivity contribution in [3.8, 4) is 0 Å². The molecule has 1 atom stereocenters. The molecule has 144 valence electrons. The van der Waals surface area contributed by atoms with E-state index in [9.17, 15) is 4.79 Å². The number of aryl methyl sites for hydroxylation is 1. The Hall–Kier alpha value is -3.18. The van der Waals surface area contributed by atoms with Crippen molar-refractivity contribution in [1.82, 2.24) is 0 Å². The summed E-state index contributed by atoms with van der Waals surface area (Å²) >= 11 is 1.47. The second-order valence-corrected chi connectivity index (χ2v) is 7.95. The molecule has 1 amide bonds. The Bertz CT molecular complexity index is 1050. The summed E-state index contributed by atoms with van der Waals surface area (Å²) in [6, 6.07) is 27.6. The number of hydrogen-bond donors (Lipinski definition) is 0. The molecule has 3 aromatic rings. The van der Waals surface area contributed by atoms with E-state index in [0.29, 0.717) is 11.6 Å². The van der Waals surface area contributed by atoms with Gasteiger partial charge in [0.05, 0.1) is 17.2 Å². The molecule has 5 heteroatoms. The topological polar surface area (TPSA) is 45.0 Å².